The van der Waals surface area contributed by atoms with Crippen LogP contribution in [0, 0.1) is 12.3 Å². The molecule has 1 aromatic rings. The normalized spacial score (nSPS) is 12.3. The molecular weight excluding hydrogens is 194 g/mol. The molecule has 0 saturated carbocycles. The Morgan fingerprint density at radius 3 is 3.13 bits per heavy atom. The molecule has 1 N–H and O–H groups in total. The molecule has 1 aromatic heterocycles. The maximum atomic E-state index is 5.33. The van der Waals surface area contributed by atoms with Gasteiger partial charge in [0.25, 0.3) is 0 Å². The molecule has 0 spiro atoms. The number of hydrogen-bond acceptors (Lipinski definition) is 5. The molecule has 0 radical (unpaired) electrons. The van der Waals surface area contributed by atoms with Gasteiger partial charge in [-0.05, 0) is 13.8 Å². The average Bonchev–Trinajstić information content (AvgIpc) is 2.67. The molecule has 0 amide bonds. The van der Waals surface area contributed by atoms with Crippen molar-refractivity contribution in [3.8, 4) is 12.3 Å². The van der Waals surface area contributed by atoms with Gasteiger partial charge in [-0.1, -0.05) is 11.1 Å². The third kappa shape index (κ3) is 3.70. The first-order valence-corrected chi connectivity index (χ1v) is 4.86. The van der Waals surface area contributed by atoms with Crippen LogP contribution in [0.15, 0.2) is 4.52 Å². The standard InChI is InChI=1S/C10H15N3O2/c1-4-6-11-7-9-12-10(13-15-9)8(3)14-5-2/h1,8,11H,5-7H2,2-3H3. The third-order valence-corrected chi connectivity index (χ3v) is 1.77. The Labute approximate surface area is 89.2 Å². The van der Waals surface area contributed by atoms with Crippen LogP contribution < -0.4 is 5.32 Å². The Kier molecular flexibility index (Phi) is 4.81. The second-order valence-corrected chi connectivity index (χ2v) is 2.95. The van der Waals surface area contributed by atoms with Crippen LogP contribution in [0.3, 0.4) is 0 Å². The minimum Gasteiger partial charge on any atom is -0.371 e. The number of nitrogens with zero attached hydrogens (tertiary/aromatic N) is 2. The molecule has 0 aromatic carbocycles. The second kappa shape index (κ2) is 6.17. The summed E-state index contributed by atoms with van der Waals surface area (Å²) in [7, 11) is 0. The summed E-state index contributed by atoms with van der Waals surface area (Å²) in [5.74, 6) is 3.55. The summed E-state index contributed by atoms with van der Waals surface area (Å²) in [5.41, 5.74) is 0. The zero-order valence-corrected chi connectivity index (χ0v) is 8.99. The lowest BCUT2D eigenvalue weighted by Crippen LogP contribution is -2.13. The molecule has 1 atom stereocenters. The van der Waals surface area contributed by atoms with E-state index in [-0.39, 0.29) is 6.10 Å². The van der Waals surface area contributed by atoms with E-state index in [9.17, 15) is 0 Å². The quantitative estimate of drug-likeness (QED) is 0.557. The number of terminal acetylenes is 1. The summed E-state index contributed by atoms with van der Waals surface area (Å²) < 4.78 is 10.3. The van der Waals surface area contributed by atoms with Crippen LogP contribution in [0.1, 0.15) is 31.7 Å². The predicted molar refractivity (Wildman–Crippen MR) is 54.9 cm³/mol. The van der Waals surface area contributed by atoms with Gasteiger partial charge in [-0.15, -0.1) is 6.42 Å². The molecule has 1 unspecified atom stereocenters. The van der Waals surface area contributed by atoms with Gasteiger partial charge in [-0.2, -0.15) is 4.98 Å². The van der Waals surface area contributed by atoms with Crippen molar-refractivity contribution in [3.63, 3.8) is 0 Å². The molecule has 0 saturated heterocycles. The smallest absolute Gasteiger partial charge is 0.240 e. The number of nitrogens with one attached hydrogen (secondary N) is 1. The minimum absolute atomic E-state index is 0.139. The van der Waals surface area contributed by atoms with Gasteiger partial charge >= 0.3 is 0 Å². The van der Waals surface area contributed by atoms with E-state index in [1.165, 1.54) is 0 Å². The van der Waals surface area contributed by atoms with Crippen LogP contribution in [0.25, 0.3) is 0 Å². The fraction of sp³-hybridized carbons (Fsp3) is 0.600. The van der Waals surface area contributed by atoms with Gasteiger partial charge in [0, 0.05) is 6.61 Å². The fourth-order valence-corrected chi connectivity index (χ4v) is 1.07. The first-order chi connectivity index (χ1) is 7.27. The highest BCUT2D eigenvalue weighted by molar-refractivity contribution is 4.91. The first-order valence-electron chi connectivity index (χ1n) is 4.86. The molecule has 1 heterocycles. The fourth-order valence-electron chi connectivity index (χ4n) is 1.07. The monoisotopic (exact) mass is 209 g/mol. The number of hydrogen-bond donors (Lipinski definition) is 1. The number of rotatable bonds is 6. The molecule has 0 fully saturated rings. The molecule has 0 aliphatic heterocycles. The minimum atomic E-state index is -0.139. The lowest BCUT2D eigenvalue weighted by Gasteiger charge is -2.04. The van der Waals surface area contributed by atoms with Crippen molar-refractivity contribution < 1.29 is 9.26 Å². The van der Waals surface area contributed by atoms with Crippen molar-refractivity contribution in [3.05, 3.63) is 11.7 Å². The van der Waals surface area contributed by atoms with Gasteiger partial charge in [0.1, 0.15) is 6.10 Å². The zero-order chi connectivity index (χ0) is 11.1. The van der Waals surface area contributed by atoms with Crippen molar-refractivity contribution >= 4 is 0 Å². The Bertz CT molecular complexity index is 330. The van der Waals surface area contributed by atoms with Gasteiger partial charge in [-0.25, -0.2) is 0 Å². The van der Waals surface area contributed by atoms with Crippen molar-refractivity contribution in [2.75, 3.05) is 13.2 Å². The summed E-state index contributed by atoms with van der Waals surface area (Å²) in [6.07, 6.45) is 4.95. The van der Waals surface area contributed by atoms with Crippen molar-refractivity contribution in [1.29, 1.82) is 0 Å². The molecule has 5 nitrogen and oxygen atoms in total. The SMILES string of the molecule is C#CCNCc1nc(C(C)OCC)no1. The van der Waals surface area contributed by atoms with E-state index in [0.29, 0.717) is 31.4 Å². The summed E-state index contributed by atoms with van der Waals surface area (Å²) in [6, 6.07) is 0. The Hall–Kier alpha value is -1.38. The maximum absolute atomic E-state index is 5.33. The Balaban J connectivity index is 2.45. The van der Waals surface area contributed by atoms with Gasteiger partial charge in [0.15, 0.2) is 5.82 Å². The maximum Gasteiger partial charge on any atom is 0.240 e. The summed E-state index contributed by atoms with van der Waals surface area (Å²) in [6.45, 7) is 5.40. The van der Waals surface area contributed by atoms with Crippen LogP contribution in [0.4, 0.5) is 0 Å². The van der Waals surface area contributed by atoms with Crippen LogP contribution in [0.5, 0.6) is 0 Å². The molecule has 5 heteroatoms. The molecule has 0 aliphatic carbocycles. The highest BCUT2D eigenvalue weighted by Gasteiger charge is 2.12. The van der Waals surface area contributed by atoms with E-state index in [1.54, 1.807) is 0 Å². The van der Waals surface area contributed by atoms with Crippen molar-refractivity contribution in [2.45, 2.75) is 26.5 Å². The van der Waals surface area contributed by atoms with E-state index < -0.39 is 0 Å². The highest BCUT2D eigenvalue weighted by Crippen LogP contribution is 2.12. The summed E-state index contributed by atoms with van der Waals surface area (Å²) >= 11 is 0. The van der Waals surface area contributed by atoms with Gasteiger partial charge in [-0.3, -0.25) is 5.32 Å². The zero-order valence-electron chi connectivity index (χ0n) is 8.99. The van der Waals surface area contributed by atoms with E-state index in [2.05, 4.69) is 21.4 Å². The van der Waals surface area contributed by atoms with Gasteiger partial charge in [0.05, 0.1) is 13.1 Å². The van der Waals surface area contributed by atoms with Crippen LogP contribution in [-0.2, 0) is 11.3 Å². The number of aromatic nitrogens is 2. The molecule has 15 heavy (non-hydrogen) atoms. The van der Waals surface area contributed by atoms with Gasteiger partial charge < -0.3 is 9.26 Å². The first kappa shape index (κ1) is 11.7. The molecule has 82 valence electrons. The van der Waals surface area contributed by atoms with Crippen LogP contribution in [0.2, 0.25) is 0 Å². The molecular formula is C10H15N3O2. The lowest BCUT2D eigenvalue weighted by molar-refractivity contribution is 0.0683. The third-order valence-electron chi connectivity index (χ3n) is 1.77. The van der Waals surface area contributed by atoms with Crippen LogP contribution >= 0.6 is 0 Å². The summed E-state index contributed by atoms with van der Waals surface area (Å²) in [4.78, 5) is 4.17. The number of ether oxygens (including phenoxy) is 1. The largest absolute Gasteiger partial charge is 0.371 e. The molecule has 0 aliphatic rings. The van der Waals surface area contributed by atoms with E-state index in [4.69, 9.17) is 15.7 Å². The van der Waals surface area contributed by atoms with E-state index in [1.807, 2.05) is 13.8 Å². The average molecular weight is 209 g/mol. The topological polar surface area (TPSA) is 60.2 Å². The summed E-state index contributed by atoms with van der Waals surface area (Å²) in [5, 5.41) is 6.77. The van der Waals surface area contributed by atoms with Crippen molar-refractivity contribution in [1.82, 2.24) is 15.5 Å². The Morgan fingerprint density at radius 1 is 1.67 bits per heavy atom. The Morgan fingerprint density at radius 2 is 2.47 bits per heavy atom. The molecule has 0 bridgehead atoms. The second-order valence-electron chi connectivity index (χ2n) is 2.95. The lowest BCUT2D eigenvalue weighted by atomic mass is 10.4. The predicted octanol–water partition coefficient (Wildman–Crippen LogP) is 0.890. The van der Waals surface area contributed by atoms with E-state index >= 15 is 0 Å². The van der Waals surface area contributed by atoms with Crippen molar-refractivity contribution in [2.24, 2.45) is 0 Å². The van der Waals surface area contributed by atoms with E-state index in [0.717, 1.165) is 0 Å². The highest BCUT2D eigenvalue weighted by atomic mass is 16.5. The van der Waals surface area contributed by atoms with Gasteiger partial charge in [0.2, 0.25) is 5.89 Å². The molecule has 1 rings (SSSR count). The van der Waals surface area contributed by atoms with Crippen LogP contribution in [-0.4, -0.2) is 23.3 Å².